The fraction of sp³-hybridized carbons (Fsp3) is 0.455. The third-order valence-electron chi connectivity index (χ3n) is 2.26. The Morgan fingerprint density at radius 1 is 1.53 bits per heavy atom. The van der Waals surface area contributed by atoms with Gasteiger partial charge in [0.2, 0.25) is 0 Å². The fourth-order valence-electron chi connectivity index (χ4n) is 1.45. The van der Waals surface area contributed by atoms with Crippen molar-refractivity contribution in [3.05, 3.63) is 29.3 Å². The lowest BCUT2D eigenvalue weighted by Crippen LogP contribution is -2.21. The van der Waals surface area contributed by atoms with Gasteiger partial charge in [-0.3, -0.25) is 0 Å². The summed E-state index contributed by atoms with van der Waals surface area (Å²) >= 11 is 0. The van der Waals surface area contributed by atoms with E-state index in [9.17, 15) is 4.91 Å². The topological polar surface area (TPSA) is 35.9 Å². The Hall–Kier alpha value is -1.76. The van der Waals surface area contributed by atoms with E-state index < -0.39 is 0 Å². The molecule has 0 aromatic carbocycles. The number of hydrogen-bond donors (Lipinski definition) is 0. The summed E-state index contributed by atoms with van der Waals surface area (Å²) in [7, 11) is 1.88. The molecular weight excluding hydrogens is 190 g/mol. The average molecular weight is 205 g/mol. The fourth-order valence-corrected chi connectivity index (χ4v) is 1.45. The van der Waals surface area contributed by atoms with Gasteiger partial charge in [0.05, 0.1) is 0 Å². The van der Waals surface area contributed by atoms with E-state index in [2.05, 4.69) is 11.1 Å². The second kappa shape index (κ2) is 5.86. The molecule has 0 aromatic heterocycles. The molecule has 0 saturated carbocycles. The summed E-state index contributed by atoms with van der Waals surface area (Å²) in [5.41, 5.74) is 0. The minimum absolute atomic E-state index is 0.804. The van der Waals surface area contributed by atoms with E-state index in [-0.39, 0.29) is 0 Å². The Morgan fingerprint density at radius 3 is 3.00 bits per heavy atom. The number of hydrogen-bond acceptors (Lipinski definition) is 4. The van der Waals surface area contributed by atoms with Gasteiger partial charge < -0.3 is 9.80 Å². The molecule has 80 valence electrons. The first-order chi connectivity index (χ1) is 7.29. The zero-order valence-corrected chi connectivity index (χ0v) is 8.89. The Kier molecular flexibility index (Phi) is 4.42. The van der Waals surface area contributed by atoms with E-state index in [4.69, 9.17) is 6.42 Å². The molecule has 0 unspecified atom stereocenters. The summed E-state index contributed by atoms with van der Waals surface area (Å²) in [4.78, 5) is 14.1. The molecule has 1 rings (SSSR count). The van der Waals surface area contributed by atoms with Gasteiger partial charge in [0.1, 0.15) is 12.0 Å². The predicted octanol–water partition coefficient (Wildman–Crippen LogP) is 2.07. The molecule has 0 radical (unpaired) electrons. The Bertz CT molecular complexity index is 314. The quantitative estimate of drug-likeness (QED) is 0.391. The summed E-state index contributed by atoms with van der Waals surface area (Å²) in [5, 5.41) is 2.80. The second-order valence-electron chi connectivity index (χ2n) is 3.36. The molecule has 0 amide bonds. The van der Waals surface area contributed by atoms with E-state index in [0.717, 1.165) is 31.6 Å². The maximum atomic E-state index is 10.2. The van der Waals surface area contributed by atoms with Crippen LogP contribution < -0.4 is 0 Å². The standard InChI is InChI=1S/C11H15N3O/c1-3-4-5-6-7-14-9-8-13(2)11(14)10-12-15/h1,8-10H,4-7H2,2H3/b11-10-. The van der Waals surface area contributed by atoms with Crippen molar-refractivity contribution in [2.75, 3.05) is 13.6 Å². The first-order valence-electron chi connectivity index (χ1n) is 4.93. The zero-order valence-electron chi connectivity index (χ0n) is 8.89. The van der Waals surface area contributed by atoms with Crippen LogP contribution >= 0.6 is 0 Å². The minimum Gasteiger partial charge on any atom is -0.335 e. The zero-order chi connectivity index (χ0) is 11.1. The van der Waals surface area contributed by atoms with Crippen LogP contribution in [0.1, 0.15) is 19.3 Å². The van der Waals surface area contributed by atoms with Gasteiger partial charge in [-0.1, -0.05) is 0 Å². The number of rotatable bonds is 5. The van der Waals surface area contributed by atoms with E-state index in [1.807, 2.05) is 29.2 Å². The summed E-state index contributed by atoms with van der Waals surface area (Å²) in [6, 6.07) is 0. The first kappa shape index (κ1) is 11.3. The van der Waals surface area contributed by atoms with Gasteiger partial charge in [-0.15, -0.1) is 17.3 Å². The molecule has 1 aliphatic rings. The van der Waals surface area contributed by atoms with E-state index in [1.165, 1.54) is 6.20 Å². The third kappa shape index (κ3) is 3.13. The number of unbranched alkanes of at least 4 members (excludes halogenated alkanes) is 2. The molecule has 0 bridgehead atoms. The van der Waals surface area contributed by atoms with E-state index in [0.29, 0.717) is 0 Å². The molecule has 0 aliphatic carbocycles. The highest BCUT2D eigenvalue weighted by atomic mass is 16.2. The molecule has 0 atom stereocenters. The van der Waals surface area contributed by atoms with Crippen molar-refractivity contribution in [1.29, 1.82) is 0 Å². The van der Waals surface area contributed by atoms with Gasteiger partial charge in [0.15, 0.2) is 0 Å². The van der Waals surface area contributed by atoms with Crippen molar-refractivity contribution in [3.8, 4) is 12.3 Å². The van der Waals surface area contributed by atoms with Crippen LogP contribution in [0.4, 0.5) is 0 Å². The Labute approximate surface area is 90.2 Å². The summed E-state index contributed by atoms with van der Waals surface area (Å²) in [5.74, 6) is 3.42. The van der Waals surface area contributed by atoms with E-state index >= 15 is 0 Å². The van der Waals surface area contributed by atoms with Gasteiger partial charge in [-0.2, -0.15) is 0 Å². The molecule has 15 heavy (non-hydrogen) atoms. The molecule has 0 saturated heterocycles. The third-order valence-corrected chi connectivity index (χ3v) is 2.26. The second-order valence-corrected chi connectivity index (χ2v) is 3.36. The Morgan fingerprint density at radius 2 is 2.33 bits per heavy atom. The maximum absolute atomic E-state index is 10.2. The van der Waals surface area contributed by atoms with Crippen LogP contribution in [0.25, 0.3) is 0 Å². The normalized spacial score (nSPS) is 17.2. The van der Waals surface area contributed by atoms with Gasteiger partial charge >= 0.3 is 0 Å². The lowest BCUT2D eigenvalue weighted by molar-refractivity contribution is 0.382. The highest BCUT2D eigenvalue weighted by molar-refractivity contribution is 5.12. The molecule has 1 heterocycles. The molecule has 0 fully saturated rings. The van der Waals surface area contributed by atoms with Crippen LogP contribution in [-0.4, -0.2) is 23.4 Å². The lowest BCUT2D eigenvalue weighted by atomic mass is 10.2. The van der Waals surface area contributed by atoms with Crippen molar-refractivity contribution in [2.24, 2.45) is 5.18 Å². The van der Waals surface area contributed by atoms with Crippen LogP contribution in [0.15, 0.2) is 29.6 Å². The van der Waals surface area contributed by atoms with Crippen LogP contribution in [0.3, 0.4) is 0 Å². The van der Waals surface area contributed by atoms with Crippen LogP contribution in [-0.2, 0) is 0 Å². The summed E-state index contributed by atoms with van der Waals surface area (Å²) < 4.78 is 0. The maximum Gasteiger partial charge on any atom is 0.134 e. The smallest absolute Gasteiger partial charge is 0.134 e. The molecule has 1 aliphatic heterocycles. The number of nitrogens with zero attached hydrogens (tertiary/aromatic N) is 3. The molecule has 0 aromatic rings. The van der Waals surface area contributed by atoms with Gasteiger partial charge in [-0.05, 0) is 18.0 Å². The molecule has 0 spiro atoms. The molecule has 4 heteroatoms. The summed E-state index contributed by atoms with van der Waals surface area (Å²) in [6.45, 7) is 0.865. The highest BCUT2D eigenvalue weighted by Crippen LogP contribution is 2.18. The first-order valence-corrected chi connectivity index (χ1v) is 4.93. The molecule has 0 N–H and O–H groups in total. The largest absolute Gasteiger partial charge is 0.335 e. The predicted molar refractivity (Wildman–Crippen MR) is 60.2 cm³/mol. The Balaban J connectivity index is 2.41. The molecule has 4 nitrogen and oxygen atoms in total. The summed E-state index contributed by atoms with van der Waals surface area (Å²) in [6.07, 6.45) is 13.1. The number of terminal acetylenes is 1. The monoisotopic (exact) mass is 205 g/mol. The van der Waals surface area contributed by atoms with Gasteiger partial charge in [0.25, 0.3) is 0 Å². The average Bonchev–Trinajstić information content (AvgIpc) is 2.57. The van der Waals surface area contributed by atoms with Crippen LogP contribution in [0.2, 0.25) is 0 Å². The van der Waals surface area contributed by atoms with Crippen molar-refractivity contribution in [1.82, 2.24) is 9.80 Å². The van der Waals surface area contributed by atoms with E-state index in [1.54, 1.807) is 0 Å². The van der Waals surface area contributed by atoms with Gasteiger partial charge in [-0.25, -0.2) is 0 Å². The number of nitroso groups, excluding NO2 is 1. The molecular formula is C11H15N3O. The van der Waals surface area contributed by atoms with Crippen LogP contribution in [0, 0.1) is 17.3 Å². The van der Waals surface area contributed by atoms with Crippen molar-refractivity contribution in [2.45, 2.75) is 19.3 Å². The van der Waals surface area contributed by atoms with Crippen LogP contribution in [0.5, 0.6) is 0 Å². The SMILES string of the molecule is C#CCCCCN1C=CN(C)/C1=C/N=O. The van der Waals surface area contributed by atoms with Crippen molar-refractivity contribution in [3.63, 3.8) is 0 Å². The lowest BCUT2D eigenvalue weighted by Gasteiger charge is -2.20. The highest BCUT2D eigenvalue weighted by Gasteiger charge is 2.15. The van der Waals surface area contributed by atoms with Crippen molar-refractivity contribution < 1.29 is 0 Å². The minimum atomic E-state index is 0.804. The van der Waals surface area contributed by atoms with Crippen molar-refractivity contribution >= 4 is 0 Å². The van der Waals surface area contributed by atoms with Gasteiger partial charge in [0, 0.05) is 32.4 Å².